The molecule has 0 saturated carbocycles. The lowest BCUT2D eigenvalue weighted by molar-refractivity contribution is -0.123. The highest BCUT2D eigenvalue weighted by atomic mass is 16.2. The van der Waals surface area contributed by atoms with Crippen LogP contribution in [0.5, 0.6) is 0 Å². The number of H-pyrrole nitrogens is 1. The zero-order chi connectivity index (χ0) is 18.0. The highest BCUT2D eigenvalue weighted by molar-refractivity contribution is 5.92. The Balaban J connectivity index is 1.56. The zero-order valence-corrected chi connectivity index (χ0v) is 15.2. The molecule has 0 aromatic carbocycles. The van der Waals surface area contributed by atoms with Crippen molar-refractivity contribution >= 4 is 11.8 Å². The largest absolute Gasteiger partial charge is 0.368 e. The number of nitrogens with two attached hydrogens (primary N) is 1. The maximum Gasteiger partial charge on any atom is 0.274 e. The number of nitrogens with zero attached hydrogens (tertiary/aromatic N) is 3. The molecule has 0 spiro atoms. The van der Waals surface area contributed by atoms with Crippen molar-refractivity contribution < 1.29 is 9.59 Å². The van der Waals surface area contributed by atoms with Crippen LogP contribution in [0.1, 0.15) is 55.7 Å². The number of likely N-dealkylation sites (tertiary alicyclic amines) is 2. The lowest BCUT2D eigenvalue weighted by Crippen LogP contribution is -2.51. The normalized spacial score (nSPS) is 22.7. The average Bonchev–Trinajstić information content (AvgIpc) is 3.23. The molecule has 2 saturated heterocycles. The Morgan fingerprint density at radius 1 is 1.28 bits per heavy atom. The molecule has 7 heteroatoms. The van der Waals surface area contributed by atoms with Crippen molar-refractivity contribution in [2.75, 3.05) is 19.6 Å². The van der Waals surface area contributed by atoms with E-state index < -0.39 is 0 Å². The second-order valence-electron chi connectivity index (χ2n) is 7.70. The number of carbonyl (C=O) groups excluding carboxylic acids is 2. The fourth-order valence-corrected chi connectivity index (χ4v) is 4.11. The lowest BCUT2D eigenvalue weighted by atomic mass is 10.0. The molecule has 25 heavy (non-hydrogen) atoms. The van der Waals surface area contributed by atoms with E-state index in [1.165, 1.54) is 0 Å². The van der Waals surface area contributed by atoms with Gasteiger partial charge in [0.2, 0.25) is 5.91 Å². The monoisotopic (exact) mass is 347 g/mol. The third kappa shape index (κ3) is 4.03. The number of primary amides is 1. The van der Waals surface area contributed by atoms with E-state index in [4.69, 9.17) is 5.73 Å². The molecule has 1 aromatic heterocycles. The smallest absolute Gasteiger partial charge is 0.274 e. The first-order valence-corrected chi connectivity index (χ1v) is 9.34. The van der Waals surface area contributed by atoms with Gasteiger partial charge in [0.15, 0.2) is 0 Å². The number of piperidine rings is 1. The van der Waals surface area contributed by atoms with Crippen LogP contribution in [-0.4, -0.2) is 63.5 Å². The third-order valence-electron chi connectivity index (χ3n) is 5.32. The van der Waals surface area contributed by atoms with Crippen molar-refractivity contribution in [1.82, 2.24) is 20.0 Å². The van der Waals surface area contributed by atoms with Gasteiger partial charge in [-0.2, -0.15) is 5.10 Å². The first kappa shape index (κ1) is 17.9. The van der Waals surface area contributed by atoms with Crippen molar-refractivity contribution in [3.63, 3.8) is 0 Å². The van der Waals surface area contributed by atoms with Gasteiger partial charge in [-0.3, -0.25) is 19.6 Å². The number of hydrogen-bond donors (Lipinski definition) is 2. The fraction of sp³-hybridized carbons (Fsp3) is 0.722. The molecule has 3 rings (SSSR count). The van der Waals surface area contributed by atoms with Gasteiger partial charge in [-0.25, -0.2) is 0 Å². The first-order chi connectivity index (χ1) is 12.0. The van der Waals surface area contributed by atoms with E-state index in [-0.39, 0.29) is 17.9 Å². The summed E-state index contributed by atoms with van der Waals surface area (Å²) in [7, 11) is 0. The third-order valence-corrected chi connectivity index (χ3v) is 5.32. The topological polar surface area (TPSA) is 95.3 Å². The number of aromatic nitrogens is 2. The van der Waals surface area contributed by atoms with Gasteiger partial charge in [-0.05, 0) is 50.6 Å². The van der Waals surface area contributed by atoms with Crippen LogP contribution < -0.4 is 5.73 Å². The summed E-state index contributed by atoms with van der Waals surface area (Å²) < 4.78 is 0. The summed E-state index contributed by atoms with van der Waals surface area (Å²) in [6, 6.07) is 2.09. The van der Waals surface area contributed by atoms with Crippen molar-refractivity contribution in [2.45, 2.75) is 58.0 Å². The Morgan fingerprint density at radius 2 is 2.00 bits per heavy atom. The van der Waals surface area contributed by atoms with E-state index in [1.807, 2.05) is 11.0 Å². The lowest BCUT2D eigenvalue weighted by Gasteiger charge is -2.38. The van der Waals surface area contributed by atoms with Gasteiger partial charge in [-0.1, -0.05) is 13.8 Å². The molecule has 2 amide bonds. The van der Waals surface area contributed by atoms with Crippen LogP contribution in [0.15, 0.2) is 6.07 Å². The molecule has 7 nitrogen and oxygen atoms in total. The minimum atomic E-state index is -0.217. The molecular formula is C18H29N5O2. The van der Waals surface area contributed by atoms with Gasteiger partial charge >= 0.3 is 0 Å². The SMILES string of the molecule is CC(C)Cc1cc(C(=O)N2CCC(N3CCC[C@H]3C(N)=O)CC2)n[nH]1. The molecule has 1 atom stereocenters. The fourth-order valence-electron chi connectivity index (χ4n) is 4.11. The highest BCUT2D eigenvalue weighted by Gasteiger charge is 2.36. The van der Waals surface area contributed by atoms with E-state index in [0.29, 0.717) is 30.7 Å². The minimum absolute atomic E-state index is 0.00224. The summed E-state index contributed by atoms with van der Waals surface area (Å²) in [5.74, 6) is 0.306. The quantitative estimate of drug-likeness (QED) is 0.835. The molecule has 0 radical (unpaired) electrons. The highest BCUT2D eigenvalue weighted by Crippen LogP contribution is 2.26. The van der Waals surface area contributed by atoms with Crippen molar-refractivity contribution in [2.24, 2.45) is 11.7 Å². The maximum absolute atomic E-state index is 12.7. The Bertz CT molecular complexity index is 619. The van der Waals surface area contributed by atoms with Crippen molar-refractivity contribution in [3.05, 3.63) is 17.5 Å². The molecule has 2 fully saturated rings. The molecule has 2 aliphatic heterocycles. The molecular weight excluding hydrogens is 318 g/mol. The second-order valence-corrected chi connectivity index (χ2v) is 7.70. The van der Waals surface area contributed by atoms with Crippen LogP contribution in [0, 0.1) is 5.92 Å². The standard InChI is InChI=1S/C18H29N5O2/c1-12(2)10-13-11-15(21-20-13)18(25)22-8-5-14(6-9-22)23-7-3-4-16(23)17(19)24/h11-12,14,16H,3-10H2,1-2H3,(H2,19,24)(H,20,21)/t16-/m0/s1. The predicted octanol–water partition coefficient (Wildman–Crippen LogP) is 1.16. The van der Waals surface area contributed by atoms with Crippen LogP contribution in [0.25, 0.3) is 0 Å². The predicted molar refractivity (Wildman–Crippen MR) is 95.0 cm³/mol. The summed E-state index contributed by atoms with van der Waals surface area (Å²) in [6.07, 6.45) is 4.56. The van der Waals surface area contributed by atoms with E-state index in [2.05, 4.69) is 28.9 Å². The molecule has 138 valence electrons. The summed E-state index contributed by atoms with van der Waals surface area (Å²) in [4.78, 5) is 28.4. The van der Waals surface area contributed by atoms with Gasteiger partial charge in [-0.15, -0.1) is 0 Å². The molecule has 3 heterocycles. The molecule has 0 aliphatic carbocycles. The molecule has 2 aliphatic rings. The van der Waals surface area contributed by atoms with Gasteiger partial charge in [0.05, 0.1) is 6.04 Å². The minimum Gasteiger partial charge on any atom is -0.368 e. The summed E-state index contributed by atoms with van der Waals surface area (Å²) >= 11 is 0. The zero-order valence-electron chi connectivity index (χ0n) is 15.2. The summed E-state index contributed by atoms with van der Waals surface area (Å²) in [5.41, 5.74) is 7.04. The van der Waals surface area contributed by atoms with Crippen molar-refractivity contribution in [3.8, 4) is 0 Å². The first-order valence-electron chi connectivity index (χ1n) is 9.34. The second kappa shape index (κ2) is 7.56. The number of nitrogens with one attached hydrogen (secondary N) is 1. The van der Waals surface area contributed by atoms with Crippen LogP contribution in [0.4, 0.5) is 0 Å². The van der Waals surface area contributed by atoms with Gasteiger partial charge < -0.3 is 10.6 Å². The van der Waals surface area contributed by atoms with Gasteiger partial charge in [0, 0.05) is 24.8 Å². The van der Waals surface area contributed by atoms with Crippen LogP contribution in [0.3, 0.4) is 0 Å². The van der Waals surface area contributed by atoms with E-state index in [0.717, 1.165) is 44.3 Å². The van der Waals surface area contributed by atoms with Crippen LogP contribution in [0.2, 0.25) is 0 Å². The Kier molecular flexibility index (Phi) is 5.42. The average molecular weight is 347 g/mol. The van der Waals surface area contributed by atoms with E-state index in [9.17, 15) is 9.59 Å². The molecule has 1 aromatic rings. The number of carbonyl (C=O) groups is 2. The molecule has 3 N–H and O–H groups in total. The van der Waals surface area contributed by atoms with Crippen LogP contribution >= 0.6 is 0 Å². The summed E-state index contributed by atoms with van der Waals surface area (Å²) in [5, 5.41) is 7.16. The number of aromatic amines is 1. The van der Waals surface area contributed by atoms with Gasteiger partial charge in [0.25, 0.3) is 5.91 Å². The summed E-state index contributed by atoms with van der Waals surface area (Å²) in [6.45, 7) is 6.63. The Hall–Kier alpha value is -1.89. The van der Waals surface area contributed by atoms with E-state index >= 15 is 0 Å². The van der Waals surface area contributed by atoms with Crippen LogP contribution in [-0.2, 0) is 11.2 Å². The van der Waals surface area contributed by atoms with Gasteiger partial charge in [0.1, 0.15) is 5.69 Å². The van der Waals surface area contributed by atoms with Crippen molar-refractivity contribution in [1.29, 1.82) is 0 Å². The molecule has 0 unspecified atom stereocenters. The number of rotatable bonds is 5. The molecule has 0 bridgehead atoms. The Labute approximate surface area is 148 Å². The maximum atomic E-state index is 12.7. The van der Waals surface area contributed by atoms with E-state index in [1.54, 1.807) is 0 Å². The number of hydrogen-bond acceptors (Lipinski definition) is 4. The Morgan fingerprint density at radius 3 is 2.64 bits per heavy atom. The number of amides is 2.